The van der Waals surface area contributed by atoms with Crippen molar-refractivity contribution in [2.75, 3.05) is 26.0 Å². The molecule has 1 amide bonds. The zero-order valence-corrected chi connectivity index (χ0v) is 16.3. The molecule has 1 fully saturated rings. The first-order valence-corrected chi connectivity index (χ1v) is 10.3. The number of nitrogens with one attached hydrogen (secondary N) is 1. The standard InChI is InChI=1S/C18H29N3O3S/c1-13-7-5-10-17(14(13)2)19-12-18(22)20-15-8-6-9-16(11-15)25(23,24)21(3)4/h6,8-9,11,13-14,17,19H,5,7,10,12H2,1-4H3,(H,20,22)/p+1/t13-,14-,17+/m1/s1. The molecule has 0 bridgehead atoms. The predicted molar refractivity (Wildman–Crippen MR) is 98.7 cm³/mol. The molecular weight excluding hydrogens is 338 g/mol. The van der Waals surface area contributed by atoms with Crippen molar-refractivity contribution in [3.8, 4) is 0 Å². The van der Waals surface area contributed by atoms with Crippen LogP contribution in [-0.2, 0) is 14.8 Å². The van der Waals surface area contributed by atoms with Gasteiger partial charge in [-0.15, -0.1) is 0 Å². The van der Waals surface area contributed by atoms with E-state index in [-0.39, 0.29) is 10.8 Å². The summed E-state index contributed by atoms with van der Waals surface area (Å²) in [6.45, 7) is 4.90. The molecule has 1 saturated carbocycles. The van der Waals surface area contributed by atoms with Crippen LogP contribution in [0, 0.1) is 11.8 Å². The third-order valence-corrected chi connectivity index (χ3v) is 7.08. The number of nitrogens with two attached hydrogens (primary N) is 1. The zero-order valence-electron chi connectivity index (χ0n) is 15.5. The fraction of sp³-hybridized carbons (Fsp3) is 0.611. The van der Waals surface area contributed by atoms with E-state index in [0.29, 0.717) is 30.1 Å². The molecule has 1 aromatic carbocycles. The van der Waals surface area contributed by atoms with Crippen molar-refractivity contribution >= 4 is 21.6 Å². The minimum absolute atomic E-state index is 0.107. The average molecular weight is 369 g/mol. The van der Waals surface area contributed by atoms with E-state index >= 15 is 0 Å². The molecule has 0 radical (unpaired) electrons. The van der Waals surface area contributed by atoms with Crippen molar-refractivity contribution in [3.05, 3.63) is 24.3 Å². The van der Waals surface area contributed by atoms with Gasteiger partial charge < -0.3 is 10.6 Å². The molecule has 1 aliphatic carbocycles. The van der Waals surface area contributed by atoms with E-state index < -0.39 is 10.0 Å². The Morgan fingerprint density at radius 2 is 2.00 bits per heavy atom. The number of rotatable bonds is 6. The van der Waals surface area contributed by atoms with Crippen LogP contribution in [0.15, 0.2) is 29.2 Å². The van der Waals surface area contributed by atoms with E-state index in [4.69, 9.17) is 0 Å². The van der Waals surface area contributed by atoms with Gasteiger partial charge >= 0.3 is 0 Å². The number of quaternary nitrogens is 1. The van der Waals surface area contributed by atoms with Gasteiger partial charge in [0.15, 0.2) is 6.54 Å². The Bertz CT molecular complexity index is 703. The van der Waals surface area contributed by atoms with Gasteiger partial charge in [0.1, 0.15) is 0 Å². The number of anilines is 1. The van der Waals surface area contributed by atoms with Gasteiger partial charge in [0, 0.05) is 25.7 Å². The maximum Gasteiger partial charge on any atom is 0.279 e. The molecule has 2 rings (SSSR count). The molecule has 0 unspecified atom stereocenters. The summed E-state index contributed by atoms with van der Waals surface area (Å²) in [5.41, 5.74) is 0.506. The van der Waals surface area contributed by atoms with Gasteiger partial charge in [0.25, 0.3) is 5.91 Å². The molecule has 6 nitrogen and oxygen atoms in total. The van der Waals surface area contributed by atoms with Crippen LogP contribution in [0.2, 0.25) is 0 Å². The van der Waals surface area contributed by atoms with Crippen LogP contribution in [0.3, 0.4) is 0 Å². The molecule has 3 N–H and O–H groups in total. The minimum Gasteiger partial charge on any atom is -0.336 e. The van der Waals surface area contributed by atoms with E-state index in [2.05, 4.69) is 24.5 Å². The van der Waals surface area contributed by atoms with Crippen LogP contribution in [0.1, 0.15) is 33.1 Å². The number of hydrogen-bond donors (Lipinski definition) is 2. The molecule has 0 aliphatic heterocycles. The summed E-state index contributed by atoms with van der Waals surface area (Å²) in [7, 11) is -0.528. The molecular formula is C18H30N3O3S+. The second-order valence-corrected chi connectivity index (χ2v) is 9.39. The number of sulfonamides is 1. The van der Waals surface area contributed by atoms with Crippen molar-refractivity contribution in [1.82, 2.24) is 4.31 Å². The molecule has 25 heavy (non-hydrogen) atoms. The lowest BCUT2D eigenvalue weighted by Gasteiger charge is -2.31. The predicted octanol–water partition coefficient (Wildman–Crippen LogP) is 1.26. The van der Waals surface area contributed by atoms with Crippen LogP contribution < -0.4 is 10.6 Å². The van der Waals surface area contributed by atoms with Gasteiger partial charge in [-0.2, -0.15) is 0 Å². The van der Waals surface area contributed by atoms with Crippen LogP contribution in [0.25, 0.3) is 0 Å². The number of nitrogens with zero attached hydrogens (tertiary/aromatic N) is 1. The summed E-state index contributed by atoms with van der Waals surface area (Å²) in [5.74, 6) is 1.20. The number of carbonyl (C=O) groups excluding carboxylic acids is 1. The smallest absolute Gasteiger partial charge is 0.279 e. The molecule has 1 aliphatic rings. The Morgan fingerprint density at radius 1 is 1.28 bits per heavy atom. The summed E-state index contributed by atoms with van der Waals surface area (Å²) < 4.78 is 25.5. The highest BCUT2D eigenvalue weighted by atomic mass is 32.2. The van der Waals surface area contributed by atoms with Crippen molar-refractivity contribution in [1.29, 1.82) is 0 Å². The van der Waals surface area contributed by atoms with Gasteiger partial charge in [0.2, 0.25) is 10.0 Å². The normalized spacial score (nSPS) is 24.3. The minimum atomic E-state index is -3.50. The number of carbonyl (C=O) groups is 1. The highest BCUT2D eigenvalue weighted by Crippen LogP contribution is 2.27. The number of amides is 1. The van der Waals surface area contributed by atoms with Gasteiger partial charge in [-0.3, -0.25) is 4.79 Å². The highest BCUT2D eigenvalue weighted by molar-refractivity contribution is 7.89. The van der Waals surface area contributed by atoms with E-state index in [1.165, 1.54) is 39.1 Å². The van der Waals surface area contributed by atoms with E-state index in [1.54, 1.807) is 12.1 Å². The Balaban J connectivity index is 1.95. The second-order valence-electron chi connectivity index (χ2n) is 7.23. The van der Waals surface area contributed by atoms with Crippen LogP contribution >= 0.6 is 0 Å². The first-order chi connectivity index (χ1) is 11.7. The largest absolute Gasteiger partial charge is 0.336 e. The Morgan fingerprint density at radius 3 is 2.68 bits per heavy atom. The van der Waals surface area contributed by atoms with Crippen LogP contribution in [-0.4, -0.2) is 45.3 Å². The SMILES string of the molecule is C[C@@H]1[C@H](C)CCC[C@@H]1[NH2+]CC(=O)Nc1cccc(S(=O)(=O)N(C)C)c1. The van der Waals surface area contributed by atoms with Crippen molar-refractivity contribution in [2.24, 2.45) is 11.8 Å². The molecule has 0 spiro atoms. The lowest BCUT2D eigenvalue weighted by atomic mass is 9.78. The quantitative estimate of drug-likeness (QED) is 0.793. The van der Waals surface area contributed by atoms with Crippen molar-refractivity contribution in [2.45, 2.75) is 44.0 Å². The van der Waals surface area contributed by atoms with Crippen LogP contribution in [0.4, 0.5) is 5.69 Å². The summed E-state index contributed by atoms with van der Waals surface area (Å²) in [5, 5.41) is 4.93. The van der Waals surface area contributed by atoms with Crippen LogP contribution in [0.5, 0.6) is 0 Å². The molecule has 3 atom stereocenters. The first kappa shape index (κ1) is 19.9. The van der Waals surface area contributed by atoms with Gasteiger partial charge in [-0.05, 0) is 43.4 Å². The maximum absolute atomic E-state index is 12.2. The molecule has 1 aromatic rings. The molecule has 140 valence electrons. The Hall–Kier alpha value is -1.44. The topological polar surface area (TPSA) is 83.1 Å². The fourth-order valence-corrected chi connectivity index (χ4v) is 4.32. The van der Waals surface area contributed by atoms with Gasteiger partial charge in [-0.1, -0.05) is 19.9 Å². The Labute approximate surface area is 151 Å². The molecule has 0 heterocycles. The van der Waals surface area contributed by atoms with E-state index in [1.807, 2.05) is 0 Å². The summed E-state index contributed by atoms with van der Waals surface area (Å²) in [6.07, 6.45) is 3.64. The molecule has 0 saturated heterocycles. The first-order valence-electron chi connectivity index (χ1n) is 8.87. The number of hydrogen-bond acceptors (Lipinski definition) is 3. The monoisotopic (exact) mass is 368 g/mol. The lowest BCUT2D eigenvalue weighted by Crippen LogP contribution is -2.93. The van der Waals surface area contributed by atoms with Crippen molar-refractivity contribution in [3.63, 3.8) is 0 Å². The van der Waals surface area contributed by atoms with Gasteiger partial charge in [0.05, 0.1) is 10.9 Å². The van der Waals surface area contributed by atoms with E-state index in [9.17, 15) is 13.2 Å². The summed E-state index contributed by atoms with van der Waals surface area (Å²) in [4.78, 5) is 12.4. The highest BCUT2D eigenvalue weighted by Gasteiger charge is 2.30. The lowest BCUT2D eigenvalue weighted by molar-refractivity contribution is -0.688. The zero-order chi connectivity index (χ0) is 18.6. The molecule has 0 aromatic heterocycles. The van der Waals surface area contributed by atoms with Crippen molar-refractivity contribution < 1.29 is 18.5 Å². The summed E-state index contributed by atoms with van der Waals surface area (Å²) in [6, 6.07) is 6.86. The molecule has 7 heteroatoms. The Kier molecular flexibility index (Phi) is 6.59. The maximum atomic E-state index is 12.2. The van der Waals surface area contributed by atoms with E-state index in [0.717, 1.165) is 10.7 Å². The number of benzene rings is 1. The third kappa shape index (κ3) is 5.03. The average Bonchev–Trinajstić information content (AvgIpc) is 2.56. The third-order valence-electron chi connectivity index (χ3n) is 5.27. The summed E-state index contributed by atoms with van der Waals surface area (Å²) >= 11 is 0. The fourth-order valence-electron chi connectivity index (χ4n) is 3.37. The van der Waals surface area contributed by atoms with Gasteiger partial charge in [-0.25, -0.2) is 12.7 Å². The second kappa shape index (κ2) is 8.29.